The van der Waals surface area contributed by atoms with Crippen molar-refractivity contribution in [3.63, 3.8) is 0 Å². The van der Waals surface area contributed by atoms with E-state index in [1.165, 1.54) is 80.7 Å². The van der Waals surface area contributed by atoms with E-state index in [0.717, 1.165) is 78.0 Å². The summed E-state index contributed by atoms with van der Waals surface area (Å²) in [5.41, 5.74) is 10.3. The Hall–Kier alpha value is -8.82. The zero-order valence-electron chi connectivity index (χ0n) is 41.0. The van der Waals surface area contributed by atoms with Gasteiger partial charge < -0.3 is 14.2 Å². The molecule has 77 heavy (non-hydrogen) atoms. The summed E-state index contributed by atoms with van der Waals surface area (Å²) in [5.74, 6) is 0. The average Bonchev–Trinajstić information content (AvgIpc) is 4.34. The second-order valence-corrected chi connectivity index (χ2v) is 24.3. The summed E-state index contributed by atoms with van der Waals surface area (Å²) in [6.07, 6.45) is 0. The molecule has 0 saturated carbocycles. The highest BCUT2D eigenvalue weighted by molar-refractivity contribution is 7.27. The molecule has 7 heteroatoms. The van der Waals surface area contributed by atoms with Gasteiger partial charge in [-0.2, -0.15) is 0 Å². The standard InChI is InChI=1S/C70H40N2OS4/c1-2-13-49-41(12-1)24-29-59-58-19-11-18-50(70(58)73-69(49)59)42-34-47(71(43-28-33-65-60(37-43)54-17-6-10-23-64(54)74-65)44-25-30-55-51-14-3-7-20-61(51)75-66(55)38-44)36-48(35-42)72(45-26-31-56-52-15-4-8-21-62(52)76-67(56)39-45)46-27-32-57-53-16-5-9-22-63(53)77-68(57)40-46/h1-40H. The number of nitrogens with zero attached hydrogens (tertiary/aromatic N) is 2. The third-order valence-corrected chi connectivity index (χ3v) is 20.2. The quantitative estimate of drug-likeness (QED) is 0.159. The van der Waals surface area contributed by atoms with E-state index in [1.54, 1.807) is 0 Å². The Kier molecular flexibility index (Phi) is 9.50. The van der Waals surface area contributed by atoms with Gasteiger partial charge in [0.1, 0.15) is 11.2 Å². The number of hydrogen-bond donors (Lipinski definition) is 0. The molecule has 0 aliphatic heterocycles. The fourth-order valence-corrected chi connectivity index (χ4v) is 16.6. The van der Waals surface area contributed by atoms with Crippen LogP contribution in [0.5, 0.6) is 0 Å². The maximum absolute atomic E-state index is 7.18. The molecule has 360 valence electrons. The van der Waals surface area contributed by atoms with Gasteiger partial charge in [-0.3, -0.25) is 0 Å². The SMILES string of the molecule is c1ccc2c(c1)ccc1c3cccc(-c4cc(N(c5ccc6c(c5)sc5ccccc56)c5ccc6c(c5)sc5ccccc56)cc(N(c5ccc6c(c5)sc5ccccc56)c5ccc6sc7ccccc7c6c5)c4)c3oc21. The fourth-order valence-electron chi connectivity index (χ4n) is 12.1. The molecule has 0 aliphatic carbocycles. The highest BCUT2D eigenvalue weighted by Gasteiger charge is 2.24. The number of rotatable bonds is 7. The zero-order chi connectivity index (χ0) is 50.3. The van der Waals surface area contributed by atoms with Gasteiger partial charge in [0.15, 0.2) is 0 Å². The van der Waals surface area contributed by atoms with E-state index in [9.17, 15) is 0 Å². The van der Waals surface area contributed by atoms with Gasteiger partial charge in [0.25, 0.3) is 0 Å². The van der Waals surface area contributed by atoms with Crippen LogP contribution in [0.15, 0.2) is 247 Å². The van der Waals surface area contributed by atoms with Crippen LogP contribution in [0.25, 0.3) is 125 Å². The highest BCUT2D eigenvalue weighted by Crippen LogP contribution is 2.50. The van der Waals surface area contributed by atoms with Gasteiger partial charge >= 0.3 is 0 Å². The average molecular weight is 1050 g/mol. The van der Waals surface area contributed by atoms with E-state index in [-0.39, 0.29) is 0 Å². The lowest BCUT2D eigenvalue weighted by Gasteiger charge is -2.30. The Morgan fingerprint density at radius 1 is 0.234 bits per heavy atom. The summed E-state index contributed by atoms with van der Waals surface area (Å²) in [4.78, 5) is 4.97. The second kappa shape index (κ2) is 16.8. The van der Waals surface area contributed by atoms with Crippen molar-refractivity contribution in [1.29, 1.82) is 0 Å². The molecule has 0 bridgehead atoms. The Morgan fingerprint density at radius 2 is 0.623 bits per heavy atom. The van der Waals surface area contributed by atoms with Crippen molar-refractivity contribution in [1.82, 2.24) is 0 Å². The van der Waals surface area contributed by atoms with Gasteiger partial charge in [-0.05, 0) is 114 Å². The van der Waals surface area contributed by atoms with E-state index in [0.29, 0.717) is 0 Å². The molecule has 12 aromatic carbocycles. The normalized spacial score (nSPS) is 12.2. The first kappa shape index (κ1) is 43.4. The Bertz CT molecular complexity index is 5170. The number of anilines is 6. The first-order valence-electron chi connectivity index (χ1n) is 25.9. The van der Waals surface area contributed by atoms with Crippen LogP contribution >= 0.6 is 45.3 Å². The van der Waals surface area contributed by atoms with Gasteiger partial charge in [-0.25, -0.2) is 0 Å². The first-order valence-corrected chi connectivity index (χ1v) is 29.1. The van der Waals surface area contributed by atoms with Crippen LogP contribution in [0, 0.1) is 0 Å². The third kappa shape index (κ3) is 6.78. The Balaban J connectivity index is 0.969. The van der Waals surface area contributed by atoms with Crippen molar-refractivity contribution >= 4 is 193 Å². The molecule has 0 radical (unpaired) electrons. The van der Waals surface area contributed by atoms with Crippen molar-refractivity contribution in [3.8, 4) is 11.1 Å². The smallest absolute Gasteiger partial charge is 0.143 e. The monoisotopic (exact) mass is 1050 g/mol. The molecule has 0 amide bonds. The first-order chi connectivity index (χ1) is 38.1. The van der Waals surface area contributed by atoms with Gasteiger partial charge in [-0.15, -0.1) is 45.3 Å². The van der Waals surface area contributed by atoms with E-state index in [2.05, 4.69) is 252 Å². The van der Waals surface area contributed by atoms with Crippen molar-refractivity contribution in [2.45, 2.75) is 0 Å². The second-order valence-electron chi connectivity index (χ2n) is 20.0. The van der Waals surface area contributed by atoms with Gasteiger partial charge in [0, 0.05) is 137 Å². The maximum Gasteiger partial charge on any atom is 0.143 e. The molecule has 0 spiro atoms. The lowest BCUT2D eigenvalue weighted by atomic mass is 9.99. The molecule has 17 aromatic rings. The molecule has 0 atom stereocenters. The summed E-state index contributed by atoms with van der Waals surface area (Å²) < 4.78 is 17.4. The Labute approximate surface area is 457 Å². The largest absolute Gasteiger partial charge is 0.455 e. The summed E-state index contributed by atoms with van der Waals surface area (Å²) >= 11 is 7.42. The van der Waals surface area contributed by atoms with Crippen LogP contribution in [-0.4, -0.2) is 0 Å². The minimum absolute atomic E-state index is 0.872. The molecule has 0 fully saturated rings. The van der Waals surface area contributed by atoms with Crippen molar-refractivity contribution in [2.24, 2.45) is 0 Å². The van der Waals surface area contributed by atoms with E-state index in [4.69, 9.17) is 4.42 Å². The van der Waals surface area contributed by atoms with Gasteiger partial charge in [-0.1, -0.05) is 140 Å². The van der Waals surface area contributed by atoms with Crippen molar-refractivity contribution in [3.05, 3.63) is 243 Å². The highest BCUT2D eigenvalue weighted by atomic mass is 32.1. The molecule has 5 heterocycles. The number of benzene rings is 12. The summed E-state index contributed by atoms with van der Waals surface area (Å²) in [7, 11) is 0. The number of fused-ring (bicyclic) bond motifs is 17. The number of para-hydroxylation sites is 1. The summed E-state index contributed by atoms with van der Waals surface area (Å²) in [5, 5.41) is 14.7. The molecule has 0 unspecified atom stereocenters. The lowest BCUT2D eigenvalue weighted by molar-refractivity contribution is 0.674. The van der Waals surface area contributed by atoms with Crippen LogP contribution < -0.4 is 9.80 Å². The van der Waals surface area contributed by atoms with Crippen LogP contribution in [0.4, 0.5) is 34.1 Å². The molecule has 17 rings (SSSR count). The molecule has 0 aliphatic rings. The van der Waals surface area contributed by atoms with Crippen LogP contribution in [0.3, 0.4) is 0 Å². The number of hydrogen-bond acceptors (Lipinski definition) is 7. The number of furan rings is 1. The van der Waals surface area contributed by atoms with Gasteiger partial charge in [0.2, 0.25) is 0 Å². The molecule has 0 N–H and O–H groups in total. The number of thiophene rings is 4. The maximum atomic E-state index is 7.18. The molecule has 3 nitrogen and oxygen atoms in total. The fraction of sp³-hybridized carbons (Fsp3) is 0. The predicted molar refractivity (Wildman–Crippen MR) is 338 cm³/mol. The lowest BCUT2D eigenvalue weighted by Crippen LogP contribution is -2.13. The van der Waals surface area contributed by atoms with Gasteiger partial charge in [0.05, 0.1) is 0 Å². The van der Waals surface area contributed by atoms with E-state index >= 15 is 0 Å². The Morgan fingerprint density at radius 3 is 1.17 bits per heavy atom. The van der Waals surface area contributed by atoms with Crippen molar-refractivity contribution in [2.75, 3.05) is 9.80 Å². The topological polar surface area (TPSA) is 19.6 Å². The molecular weight excluding hydrogens is 1010 g/mol. The predicted octanol–water partition coefficient (Wildman–Crippen LogP) is 22.8. The van der Waals surface area contributed by atoms with Crippen LogP contribution in [0.2, 0.25) is 0 Å². The van der Waals surface area contributed by atoms with E-state index in [1.807, 2.05) is 45.3 Å². The molecule has 5 aromatic heterocycles. The third-order valence-electron chi connectivity index (χ3n) is 15.6. The molecule has 0 saturated heterocycles. The van der Waals surface area contributed by atoms with Crippen LogP contribution in [-0.2, 0) is 0 Å². The minimum Gasteiger partial charge on any atom is -0.455 e. The van der Waals surface area contributed by atoms with Crippen molar-refractivity contribution < 1.29 is 4.42 Å². The zero-order valence-corrected chi connectivity index (χ0v) is 44.3. The van der Waals surface area contributed by atoms with E-state index < -0.39 is 0 Å². The minimum atomic E-state index is 0.872. The summed E-state index contributed by atoms with van der Waals surface area (Å²) in [6, 6.07) is 90.1. The molecular formula is C70H40N2OS4. The summed E-state index contributed by atoms with van der Waals surface area (Å²) in [6.45, 7) is 0. The van der Waals surface area contributed by atoms with Crippen LogP contribution in [0.1, 0.15) is 0 Å².